The second-order valence-corrected chi connectivity index (χ2v) is 5.96. The fourth-order valence-electron chi connectivity index (χ4n) is 1.82. The maximum atomic E-state index is 11.2. The van der Waals surface area contributed by atoms with Gasteiger partial charge in [-0.25, -0.2) is 8.42 Å². The topological polar surface area (TPSA) is 75.8 Å². The molecule has 0 atom stereocenters. The van der Waals surface area contributed by atoms with Gasteiger partial charge in [0, 0.05) is 0 Å². The number of sulfone groups is 1. The van der Waals surface area contributed by atoms with E-state index in [1.165, 1.54) is 0 Å². The Hall–Kier alpha value is -1.35. The zero-order valence-corrected chi connectivity index (χ0v) is 8.94. The summed E-state index contributed by atoms with van der Waals surface area (Å²) in [6.45, 7) is 0. The number of nitrogens with zero attached hydrogens (tertiary/aromatic N) is 3. The number of aromatic nitrogens is 2. The maximum Gasteiger partial charge on any atom is 0.150 e. The molecular weight excluding hydrogens is 214 g/mol. The lowest BCUT2D eigenvalue weighted by molar-refractivity contribution is 0.410. The normalized spacial score (nSPS) is 21.0. The van der Waals surface area contributed by atoms with Crippen molar-refractivity contribution < 1.29 is 8.42 Å². The summed E-state index contributed by atoms with van der Waals surface area (Å²) in [7, 11) is -2.85. The number of nitriles is 1. The Labute approximate surface area is 88.2 Å². The fourth-order valence-corrected chi connectivity index (χ4v) is 3.28. The maximum absolute atomic E-state index is 11.2. The van der Waals surface area contributed by atoms with E-state index in [2.05, 4.69) is 5.10 Å². The van der Waals surface area contributed by atoms with Crippen molar-refractivity contribution in [2.24, 2.45) is 0 Å². The summed E-state index contributed by atoms with van der Waals surface area (Å²) >= 11 is 0. The first-order chi connectivity index (χ1) is 7.12. The molecule has 1 aliphatic rings. The molecule has 80 valence electrons. The molecule has 15 heavy (non-hydrogen) atoms. The van der Waals surface area contributed by atoms with Crippen LogP contribution in [0.1, 0.15) is 24.6 Å². The number of hydrogen-bond donors (Lipinski definition) is 0. The Morgan fingerprint density at radius 3 is 2.73 bits per heavy atom. The Morgan fingerprint density at radius 1 is 1.47 bits per heavy atom. The van der Waals surface area contributed by atoms with Crippen LogP contribution in [0.4, 0.5) is 0 Å². The van der Waals surface area contributed by atoms with Crippen LogP contribution in [0, 0.1) is 11.3 Å². The third-order valence-corrected chi connectivity index (χ3v) is 4.37. The Morgan fingerprint density at radius 2 is 2.13 bits per heavy atom. The highest BCUT2D eigenvalue weighted by atomic mass is 32.2. The molecule has 1 saturated heterocycles. The monoisotopic (exact) mass is 225 g/mol. The van der Waals surface area contributed by atoms with Crippen molar-refractivity contribution in [2.75, 3.05) is 11.5 Å². The zero-order valence-electron chi connectivity index (χ0n) is 8.13. The minimum atomic E-state index is -2.85. The van der Waals surface area contributed by atoms with Gasteiger partial charge in [-0.05, 0) is 18.9 Å². The number of hydrogen-bond acceptors (Lipinski definition) is 4. The van der Waals surface area contributed by atoms with Crippen molar-refractivity contribution >= 4 is 9.84 Å². The molecule has 0 amide bonds. The van der Waals surface area contributed by atoms with E-state index in [1.54, 1.807) is 16.9 Å². The van der Waals surface area contributed by atoms with Crippen molar-refractivity contribution in [3.05, 3.63) is 18.0 Å². The summed E-state index contributed by atoms with van der Waals surface area (Å²) in [4.78, 5) is 0. The molecule has 0 aliphatic carbocycles. The van der Waals surface area contributed by atoms with Gasteiger partial charge in [0.1, 0.15) is 21.6 Å². The van der Waals surface area contributed by atoms with E-state index in [1.807, 2.05) is 6.07 Å². The minimum Gasteiger partial charge on any atom is -0.252 e. The summed E-state index contributed by atoms with van der Waals surface area (Å²) in [5.41, 5.74) is 0.499. The van der Waals surface area contributed by atoms with Gasteiger partial charge in [-0.1, -0.05) is 0 Å². The van der Waals surface area contributed by atoms with Gasteiger partial charge in [-0.2, -0.15) is 10.4 Å². The summed E-state index contributed by atoms with van der Waals surface area (Å²) < 4.78 is 24.1. The van der Waals surface area contributed by atoms with Crippen molar-refractivity contribution in [2.45, 2.75) is 18.9 Å². The van der Waals surface area contributed by atoms with E-state index in [0.717, 1.165) is 0 Å². The second kappa shape index (κ2) is 3.66. The molecule has 0 unspecified atom stereocenters. The van der Waals surface area contributed by atoms with Crippen molar-refractivity contribution in [1.29, 1.82) is 5.26 Å². The summed E-state index contributed by atoms with van der Waals surface area (Å²) in [5, 5.41) is 12.9. The van der Waals surface area contributed by atoms with Crippen LogP contribution >= 0.6 is 0 Å². The van der Waals surface area contributed by atoms with Crippen molar-refractivity contribution in [3.8, 4) is 6.07 Å². The molecule has 0 bridgehead atoms. The van der Waals surface area contributed by atoms with E-state index in [4.69, 9.17) is 5.26 Å². The third kappa shape index (κ3) is 2.02. The molecular formula is C9H11N3O2S. The molecule has 6 heteroatoms. The Kier molecular flexibility index (Phi) is 2.49. The van der Waals surface area contributed by atoms with Crippen LogP contribution in [0.3, 0.4) is 0 Å². The number of rotatable bonds is 1. The summed E-state index contributed by atoms with van der Waals surface area (Å²) in [6.07, 6.45) is 2.68. The molecule has 0 aromatic carbocycles. The van der Waals surface area contributed by atoms with E-state index in [-0.39, 0.29) is 17.5 Å². The van der Waals surface area contributed by atoms with E-state index in [9.17, 15) is 8.42 Å². The van der Waals surface area contributed by atoms with Gasteiger partial charge in [0.15, 0.2) is 0 Å². The standard InChI is InChI=1S/C9H11N3O2S/c10-7-9-1-4-11-12(9)8-2-5-15(13,14)6-3-8/h1,4,8H,2-3,5-6H2. The predicted molar refractivity (Wildman–Crippen MR) is 53.9 cm³/mol. The molecule has 0 radical (unpaired) electrons. The Balaban J connectivity index is 2.18. The van der Waals surface area contributed by atoms with Crippen LogP contribution in [0.2, 0.25) is 0 Å². The molecule has 2 heterocycles. The van der Waals surface area contributed by atoms with Gasteiger partial charge in [0.2, 0.25) is 0 Å². The average molecular weight is 225 g/mol. The minimum absolute atomic E-state index is 0.0539. The molecule has 1 fully saturated rings. The largest absolute Gasteiger partial charge is 0.252 e. The van der Waals surface area contributed by atoms with Crippen molar-refractivity contribution in [3.63, 3.8) is 0 Å². The van der Waals surface area contributed by atoms with Crippen LogP contribution in [0.5, 0.6) is 0 Å². The average Bonchev–Trinajstić information content (AvgIpc) is 2.65. The van der Waals surface area contributed by atoms with Crippen LogP contribution in [0.25, 0.3) is 0 Å². The van der Waals surface area contributed by atoms with Crippen LogP contribution in [-0.4, -0.2) is 29.7 Å². The zero-order chi connectivity index (χ0) is 10.9. The lowest BCUT2D eigenvalue weighted by atomic mass is 10.1. The lowest BCUT2D eigenvalue weighted by Crippen LogP contribution is -2.26. The van der Waals surface area contributed by atoms with Crippen LogP contribution in [0.15, 0.2) is 12.3 Å². The van der Waals surface area contributed by atoms with Gasteiger partial charge in [0.05, 0.1) is 23.7 Å². The third-order valence-electron chi connectivity index (χ3n) is 2.65. The van der Waals surface area contributed by atoms with E-state index < -0.39 is 9.84 Å². The quantitative estimate of drug-likeness (QED) is 0.697. The predicted octanol–water partition coefficient (Wildman–Crippen LogP) is 0.504. The molecule has 5 nitrogen and oxygen atoms in total. The van der Waals surface area contributed by atoms with E-state index in [0.29, 0.717) is 18.5 Å². The van der Waals surface area contributed by atoms with Gasteiger partial charge in [-0.3, -0.25) is 4.68 Å². The second-order valence-electron chi connectivity index (χ2n) is 3.66. The molecule has 0 spiro atoms. The molecule has 1 aromatic rings. The first kappa shape index (κ1) is 10.2. The van der Waals surface area contributed by atoms with Crippen molar-refractivity contribution in [1.82, 2.24) is 9.78 Å². The SMILES string of the molecule is N#Cc1ccnn1C1CCS(=O)(=O)CC1. The fraction of sp³-hybridized carbons (Fsp3) is 0.556. The molecule has 2 rings (SSSR count). The first-order valence-electron chi connectivity index (χ1n) is 4.76. The van der Waals surface area contributed by atoms with Crippen LogP contribution < -0.4 is 0 Å². The smallest absolute Gasteiger partial charge is 0.150 e. The molecule has 1 aromatic heterocycles. The van der Waals surface area contributed by atoms with Gasteiger partial charge < -0.3 is 0 Å². The Bertz CT molecular complexity index is 484. The highest BCUT2D eigenvalue weighted by molar-refractivity contribution is 7.91. The van der Waals surface area contributed by atoms with Gasteiger partial charge >= 0.3 is 0 Å². The molecule has 0 N–H and O–H groups in total. The summed E-state index contributed by atoms with van der Waals surface area (Å²) in [6, 6.07) is 3.74. The van der Waals surface area contributed by atoms with Crippen LogP contribution in [-0.2, 0) is 9.84 Å². The van der Waals surface area contributed by atoms with Gasteiger partial charge in [-0.15, -0.1) is 0 Å². The lowest BCUT2D eigenvalue weighted by Gasteiger charge is -2.22. The van der Waals surface area contributed by atoms with Gasteiger partial charge in [0.25, 0.3) is 0 Å². The highest BCUT2D eigenvalue weighted by Crippen LogP contribution is 2.24. The molecule has 0 saturated carbocycles. The highest BCUT2D eigenvalue weighted by Gasteiger charge is 2.26. The first-order valence-corrected chi connectivity index (χ1v) is 6.58. The van der Waals surface area contributed by atoms with E-state index >= 15 is 0 Å². The summed E-state index contributed by atoms with van der Waals surface area (Å²) in [5.74, 6) is 0.394. The molecule has 1 aliphatic heterocycles.